The molecule has 0 amide bonds. The molecule has 0 saturated carbocycles. The fourth-order valence-electron chi connectivity index (χ4n) is 2.30. The van der Waals surface area contributed by atoms with Crippen LogP contribution in [0.5, 0.6) is 0 Å². The Bertz CT molecular complexity index is 366. The summed E-state index contributed by atoms with van der Waals surface area (Å²) in [5.74, 6) is 1.78. The minimum Gasteiger partial charge on any atom is -0.360 e. The molecule has 0 bridgehead atoms. The summed E-state index contributed by atoms with van der Waals surface area (Å²) in [7, 11) is 0. The molecule has 90 valence electrons. The summed E-state index contributed by atoms with van der Waals surface area (Å²) in [6.45, 7) is 10.8. The third-order valence-corrected chi connectivity index (χ3v) is 3.33. The Balaban J connectivity index is 2.03. The number of nitrogens with one attached hydrogen (secondary N) is 1. The zero-order chi connectivity index (χ0) is 11.8. The molecule has 1 aromatic rings. The molecule has 16 heavy (non-hydrogen) atoms. The third-order valence-electron chi connectivity index (χ3n) is 3.33. The zero-order valence-corrected chi connectivity index (χ0v) is 10.8. The van der Waals surface area contributed by atoms with Crippen molar-refractivity contribution in [2.75, 3.05) is 6.54 Å². The molecular weight excluding hydrogens is 200 g/mol. The van der Waals surface area contributed by atoms with Crippen LogP contribution in [-0.2, 0) is 18.4 Å². The highest BCUT2D eigenvalue weighted by atomic mass is 16.5. The Morgan fingerprint density at radius 2 is 2.19 bits per heavy atom. The fraction of sp³-hybridized carbons (Fsp3) is 0.769. The molecule has 0 unspecified atom stereocenters. The van der Waals surface area contributed by atoms with Crippen molar-refractivity contribution in [3.8, 4) is 0 Å². The highest BCUT2D eigenvalue weighted by molar-refractivity contribution is 5.33. The number of fused-ring (bicyclic) bond motifs is 1. The van der Waals surface area contributed by atoms with Crippen LogP contribution >= 0.6 is 0 Å². The van der Waals surface area contributed by atoms with E-state index in [1.54, 1.807) is 0 Å². The van der Waals surface area contributed by atoms with E-state index in [-0.39, 0.29) is 5.41 Å². The van der Waals surface area contributed by atoms with E-state index in [4.69, 9.17) is 4.52 Å². The van der Waals surface area contributed by atoms with Gasteiger partial charge in [-0.25, -0.2) is 0 Å². The standard InChI is InChI=1S/C13H22N2O/c1-9(2)7-14-8-11-10-5-6-13(3,4)12(10)16-15-11/h9,14H,5-8H2,1-4H3. The molecule has 3 heteroatoms. The van der Waals surface area contributed by atoms with Gasteiger partial charge < -0.3 is 9.84 Å². The van der Waals surface area contributed by atoms with Crippen molar-refractivity contribution in [1.29, 1.82) is 0 Å². The van der Waals surface area contributed by atoms with E-state index in [0.29, 0.717) is 5.92 Å². The van der Waals surface area contributed by atoms with E-state index >= 15 is 0 Å². The van der Waals surface area contributed by atoms with Crippen molar-refractivity contribution in [1.82, 2.24) is 10.5 Å². The van der Waals surface area contributed by atoms with Gasteiger partial charge in [0, 0.05) is 17.5 Å². The van der Waals surface area contributed by atoms with Gasteiger partial charge in [-0.2, -0.15) is 0 Å². The maximum Gasteiger partial charge on any atom is 0.145 e. The Labute approximate surface area is 97.6 Å². The maximum atomic E-state index is 5.49. The second kappa shape index (κ2) is 4.21. The zero-order valence-electron chi connectivity index (χ0n) is 10.8. The Morgan fingerprint density at radius 1 is 1.44 bits per heavy atom. The lowest BCUT2D eigenvalue weighted by Crippen LogP contribution is -2.19. The summed E-state index contributed by atoms with van der Waals surface area (Å²) in [4.78, 5) is 0. The van der Waals surface area contributed by atoms with Crippen molar-refractivity contribution in [2.24, 2.45) is 5.92 Å². The van der Waals surface area contributed by atoms with Crippen molar-refractivity contribution in [2.45, 2.75) is 52.5 Å². The Morgan fingerprint density at radius 3 is 2.88 bits per heavy atom. The number of rotatable bonds is 4. The summed E-state index contributed by atoms with van der Waals surface area (Å²) in [6.07, 6.45) is 2.30. The molecule has 1 heterocycles. The van der Waals surface area contributed by atoms with Gasteiger partial charge in [0.15, 0.2) is 0 Å². The Hall–Kier alpha value is -0.830. The highest BCUT2D eigenvalue weighted by Crippen LogP contribution is 2.39. The first kappa shape index (κ1) is 11.6. The van der Waals surface area contributed by atoms with Crippen LogP contribution in [0.4, 0.5) is 0 Å². The molecule has 0 spiro atoms. The average molecular weight is 222 g/mol. The smallest absolute Gasteiger partial charge is 0.145 e. The van der Waals surface area contributed by atoms with Crippen LogP contribution in [0, 0.1) is 5.92 Å². The molecule has 0 radical (unpaired) electrons. The molecule has 1 aliphatic carbocycles. The van der Waals surface area contributed by atoms with Gasteiger partial charge in [0.05, 0.1) is 0 Å². The number of aromatic nitrogens is 1. The lowest BCUT2D eigenvalue weighted by molar-refractivity contribution is 0.315. The van der Waals surface area contributed by atoms with E-state index in [1.807, 2.05) is 0 Å². The lowest BCUT2D eigenvalue weighted by Gasteiger charge is -2.13. The molecular formula is C13H22N2O. The topological polar surface area (TPSA) is 38.1 Å². The van der Waals surface area contributed by atoms with Gasteiger partial charge in [-0.15, -0.1) is 0 Å². The normalized spacial score (nSPS) is 18.1. The molecule has 0 saturated heterocycles. The quantitative estimate of drug-likeness (QED) is 0.851. The fourth-order valence-corrected chi connectivity index (χ4v) is 2.30. The van der Waals surface area contributed by atoms with Gasteiger partial charge in [0.25, 0.3) is 0 Å². The van der Waals surface area contributed by atoms with E-state index in [2.05, 4.69) is 38.2 Å². The second-order valence-electron chi connectivity index (χ2n) is 5.85. The van der Waals surface area contributed by atoms with Gasteiger partial charge in [-0.3, -0.25) is 0 Å². The van der Waals surface area contributed by atoms with E-state index < -0.39 is 0 Å². The molecule has 0 aliphatic heterocycles. The van der Waals surface area contributed by atoms with Crippen LogP contribution in [0.2, 0.25) is 0 Å². The molecule has 1 aromatic heterocycles. The largest absolute Gasteiger partial charge is 0.360 e. The van der Waals surface area contributed by atoms with E-state index in [0.717, 1.165) is 31.0 Å². The van der Waals surface area contributed by atoms with Crippen LogP contribution < -0.4 is 5.32 Å². The van der Waals surface area contributed by atoms with Crippen LogP contribution in [-0.4, -0.2) is 11.7 Å². The minimum atomic E-state index is 0.179. The number of nitrogens with zero attached hydrogens (tertiary/aromatic N) is 1. The summed E-state index contributed by atoms with van der Waals surface area (Å²) in [5, 5.41) is 7.61. The highest BCUT2D eigenvalue weighted by Gasteiger charge is 2.36. The molecule has 2 rings (SSSR count). The number of hydrogen-bond donors (Lipinski definition) is 1. The van der Waals surface area contributed by atoms with Crippen molar-refractivity contribution in [3.63, 3.8) is 0 Å². The third kappa shape index (κ3) is 2.14. The summed E-state index contributed by atoms with van der Waals surface area (Å²) < 4.78 is 5.49. The van der Waals surface area contributed by atoms with Crippen molar-refractivity contribution >= 4 is 0 Å². The first-order chi connectivity index (χ1) is 7.50. The SMILES string of the molecule is CC(C)CNCc1noc2c1CCC2(C)C. The van der Waals surface area contributed by atoms with Gasteiger partial charge in [-0.1, -0.05) is 32.9 Å². The minimum absolute atomic E-state index is 0.179. The average Bonchev–Trinajstić information content (AvgIpc) is 2.69. The van der Waals surface area contributed by atoms with Crippen molar-refractivity contribution < 1.29 is 4.52 Å². The molecule has 0 aromatic carbocycles. The molecule has 3 nitrogen and oxygen atoms in total. The second-order valence-corrected chi connectivity index (χ2v) is 5.85. The molecule has 0 atom stereocenters. The van der Waals surface area contributed by atoms with Crippen LogP contribution in [0.1, 0.15) is 51.1 Å². The summed E-state index contributed by atoms with van der Waals surface area (Å²) >= 11 is 0. The Kier molecular flexibility index (Phi) is 3.06. The van der Waals surface area contributed by atoms with Crippen molar-refractivity contribution in [3.05, 3.63) is 17.0 Å². The molecule has 1 N–H and O–H groups in total. The van der Waals surface area contributed by atoms with E-state index in [9.17, 15) is 0 Å². The van der Waals surface area contributed by atoms with Crippen LogP contribution in [0.15, 0.2) is 4.52 Å². The summed E-state index contributed by atoms with van der Waals surface area (Å²) in [5.41, 5.74) is 2.64. The first-order valence-corrected chi connectivity index (χ1v) is 6.19. The van der Waals surface area contributed by atoms with E-state index in [1.165, 1.54) is 12.0 Å². The van der Waals surface area contributed by atoms with Crippen LogP contribution in [0.25, 0.3) is 0 Å². The predicted molar refractivity (Wildman–Crippen MR) is 64.4 cm³/mol. The number of hydrogen-bond acceptors (Lipinski definition) is 3. The van der Waals surface area contributed by atoms with Gasteiger partial charge >= 0.3 is 0 Å². The lowest BCUT2D eigenvalue weighted by atomic mass is 9.92. The summed E-state index contributed by atoms with van der Waals surface area (Å²) in [6, 6.07) is 0. The predicted octanol–water partition coefficient (Wildman–Crippen LogP) is 2.64. The van der Waals surface area contributed by atoms with Crippen LogP contribution in [0.3, 0.4) is 0 Å². The van der Waals surface area contributed by atoms with Gasteiger partial charge in [0.2, 0.25) is 0 Å². The van der Waals surface area contributed by atoms with Gasteiger partial charge in [-0.05, 0) is 25.3 Å². The monoisotopic (exact) mass is 222 g/mol. The molecule has 0 fully saturated rings. The van der Waals surface area contributed by atoms with Gasteiger partial charge in [0.1, 0.15) is 11.5 Å². The molecule has 1 aliphatic rings. The first-order valence-electron chi connectivity index (χ1n) is 6.19. The maximum absolute atomic E-state index is 5.49.